The molecule has 0 aliphatic carbocycles. The second kappa shape index (κ2) is 5.20. The smallest absolute Gasteiger partial charge is 0.232 e. The van der Waals surface area contributed by atoms with Crippen molar-refractivity contribution in [2.45, 2.75) is 32.8 Å². The number of rotatable bonds is 4. The maximum Gasteiger partial charge on any atom is 0.232 e. The quantitative estimate of drug-likeness (QED) is 0.817. The molecule has 0 aliphatic rings. The number of nitriles is 1. The van der Waals surface area contributed by atoms with Crippen LogP contribution in [0.4, 0.5) is 5.69 Å². The highest BCUT2D eigenvalue weighted by Crippen LogP contribution is 2.18. The van der Waals surface area contributed by atoms with E-state index in [0.29, 0.717) is 17.1 Å². The van der Waals surface area contributed by atoms with Gasteiger partial charge in [-0.15, -0.1) is 0 Å². The molecule has 0 radical (unpaired) electrons. The monoisotopic (exact) mass is 205 g/mol. The van der Waals surface area contributed by atoms with Crippen molar-refractivity contribution in [1.29, 1.82) is 5.26 Å². The number of aromatic nitrogens is 1. The van der Waals surface area contributed by atoms with Gasteiger partial charge in [0.15, 0.2) is 0 Å². The lowest BCUT2D eigenvalue weighted by Gasteiger charge is -2.13. The minimum atomic E-state index is 0.0678. The standard InChI is InChI=1S/C11H15N3O/c1-3-4-8(2)15-11-9(6-12)5-10(13)7-14-11/h5,7-8H,3-4,13H2,1-2H3. The number of nitrogens with zero attached hydrogens (tertiary/aromatic N) is 2. The van der Waals surface area contributed by atoms with E-state index < -0.39 is 0 Å². The van der Waals surface area contributed by atoms with Crippen molar-refractivity contribution in [2.75, 3.05) is 5.73 Å². The van der Waals surface area contributed by atoms with Crippen molar-refractivity contribution < 1.29 is 4.74 Å². The Labute approximate surface area is 89.7 Å². The van der Waals surface area contributed by atoms with E-state index in [9.17, 15) is 0 Å². The van der Waals surface area contributed by atoms with Crippen molar-refractivity contribution in [3.05, 3.63) is 17.8 Å². The molecule has 0 spiro atoms. The SMILES string of the molecule is CCCC(C)Oc1ncc(N)cc1C#N. The normalized spacial score (nSPS) is 11.8. The Morgan fingerprint density at radius 3 is 3.00 bits per heavy atom. The molecule has 1 aromatic rings. The van der Waals surface area contributed by atoms with Gasteiger partial charge >= 0.3 is 0 Å². The summed E-state index contributed by atoms with van der Waals surface area (Å²) < 4.78 is 5.54. The highest BCUT2D eigenvalue weighted by Gasteiger charge is 2.09. The van der Waals surface area contributed by atoms with Gasteiger partial charge in [0.1, 0.15) is 11.6 Å². The Morgan fingerprint density at radius 1 is 1.67 bits per heavy atom. The van der Waals surface area contributed by atoms with E-state index in [-0.39, 0.29) is 6.10 Å². The summed E-state index contributed by atoms with van der Waals surface area (Å²) in [7, 11) is 0. The summed E-state index contributed by atoms with van der Waals surface area (Å²) in [5.41, 5.74) is 6.38. The van der Waals surface area contributed by atoms with Crippen LogP contribution in [0.25, 0.3) is 0 Å². The summed E-state index contributed by atoms with van der Waals surface area (Å²) in [6.07, 6.45) is 3.54. The van der Waals surface area contributed by atoms with E-state index in [1.54, 1.807) is 6.07 Å². The lowest BCUT2D eigenvalue weighted by molar-refractivity contribution is 0.201. The zero-order valence-electron chi connectivity index (χ0n) is 9.03. The molecule has 80 valence electrons. The molecule has 1 atom stereocenters. The molecule has 4 nitrogen and oxygen atoms in total. The molecule has 0 amide bonds. The number of anilines is 1. The first-order valence-corrected chi connectivity index (χ1v) is 4.99. The van der Waals surface area contributed by atoms with Crippen LogP contribution in [0.3, 0.4) is 0 Å². The minimum absolute atomic E-state index is 0.0678. The fourth-order valence-corrected chi connectivity index (χ4v) is 1.30. The molecule has 4 heteroatoms. The van der Waals surface area contributed by atoms with Crippen LogP contribution in [0.2, 0.25) is 0 Å². The Morgan fingerprint density at radius 2 is 2.40 bits per heavy atom. The van der Waals surface area contributed by atoms with Gasteiger partial charge in [0.25, 0.3) is 0 Å². The molecule has 15 heavy (non-hydrogen) atoms. The maximum atomic E-state index is 8.86. The molecule has 1 rings (SSSR count). The van der Waals surface area contributed by atoms with Gasteiger partial charge in [0.05, 0.1) is 18.0 Å². The van der Waals surface area contributed by atoms with Gasteiger partial charge in [-0.3, -0.25) is 0 Å². The molecule has 0 saturated carbocycles. The van der Waals surface area contributed by atoms with E-state index in [2.05, 4.69) is 11.9 Å². The molecule has 1 heterocycles. The second-order valence-corrected chi connectivity index (χ2v) is 3.45. The third kappa shape index (κ3) is 3.13. The third-order valence-corrected chi connectivity index (χ3v) is 2.00. The number of pyridine rings is 1. The van der Waals surface area contributed by atoms with Crippen molar-refractivity contribution in [2.24, 2.45) is 0 Å². The van der Waals surface area contributed by atoms with Gasteiger partial charge in [0.2, 0.25) is 5.88 Å². The van der Waals surface area contributed by atoms with Crippen molar-refractivity contribution in [3.63, 3.8) is 0 Å². The highest BCUT2D eigenvalue weighted by molar-refractivity contribution is 5.48. The van der Waals surface area contributed by atoms with Crippen LogP contribution < -0.4 is 10.5 Å². The molecule has 1 aromatic heterocycles. The lowest BCUT2D eigenvalue weighted by atomic mass is 10.2. The lowest BCUT2D eigenvalue weighted by Crippen LogP contribution is -2.13. The van der Waals surface area contributed by atoms with Crippen LogP contribution in [0.15, 0.2) is 12.3 Å². The molecule has 1 unspecified atom stereocenters. The molecular weight excluding hydrogens is 190 g/mol. The Balaban J connectivity index is 2.81. The van der Waals surface area contributed by atoms with E-state index in [1.807, 2.05) is 13.0 Å². The second-order valence-electron chi connectivity index (χ2n) is 3.45. The summed E-state index contributed by atoms with van der Waals surface area (Å²) in [6, 6.07) is 3.59. The average molecular weight is 205 g/mol. The number of nitrogens with two attached hydrogens (primary N) is 1. The molecule has 0 bridgehead atoms. The molecular formula is C11H15N3O. The predicted molar refractivity (Wildman–Crippen MR) is 58.4 cm³/mol. The van der Waals surface area contributed by atoms with Gasteiger partial charge in [-0.25, -0.2) is 4.98 Å². The van der Waals surface area contributed by atoms with E-state index in [0.717, 1.165) is 12.8 Å². The highest BCUT2D eigenvalue weighted by atomic mass is 16.5. The number of hydrogen-bond acceptors (Lipinski definition) is 4. The van der Waals surface area contributed by atoms with Gasteiger partial charge in [0, 0.05) is 0 Å². The summed E-state index contributed by atoms with van der Waals surface area (Å²) in [5, 5.41) is 8.86. The number of ether oxygens (including phenoxy) is 1. The van der Waals surface area contributed by atoms with E-state index in [4.69, 9.17) is 15.7 Å². The first kappa shape index (κ1) is 11.3. The predicted octanol–water partition coefficient (Wildman–Crippen LogP) is 2.10. The molecule has 0 saturated heterocycles. The zero-order chi connectivity index (χ0) is 11.3. The van der Waals surface area contributed by atoms with Gasteiger partial charge in [-0.2, -0.15) is 5.26 Å². The fourth-order valence-electron chi connectivity index (χ4n) is 1.30. The van der Waals surface area contributed by atoms with E-state index >= 15 is 0 Å². The van der Waals surface area contributed by atoms with Crippen molar-refractivity contribution >= 4 is 5.69 Å². The molecule has 2 N–H and O–H groups in total. The van der Waals surface area contributed by atoms with Crippen molar-refractivity contribution in [3.8, 4) is 11.9 Å². The molecule has 0 fully saturated rings. The number of hydrogen-bond donors (Lipinski definition) is 1. The van der Waals surface area contributed by atoms with Crippen molar-refractivity contribution in [1.82, 2.24) is 4.98 Å². The maximum absolute atomic E-state index is 8.86. The fraction of sp³-hybridized carbons (Fsp3) is 0.455. The Kier molecular flexibility index (Phi) is 3.92. The molecule has 0 aromatic carbocycles. The van der Waals surface area contributed by atoms with Crippen LogP contribution in [0, 0.1) is 11.3 Å². The summed E-state index contributed by atoms with van der Waals surface area (Å²) in [5.74, 6) is 0.368. The van der Waals surface area contributed by atoms with Crippen LogP contribution >= 0.6 is 0 Å². The van der Waals surface area contributed by atoms with Crippen LogP contribution in [0.5, 0.6) is 5.88 Å². The van der Waals surface area contributed by atoms with Gasteiger partial charge in [-0.05, 0) is 19.4 Å². The first-order chi connectivity index (χ1) is 7.17. The average Bonchev–Trinajstić information content (AvgIpc) is 2.21. The summed E-state index contributed by atoms with van der Waals surface area (Å²) in [6.45, 7) is 4.05. The van der Waals surface area contributed by atoms with Gasteiger partial charge < -0.3 is 10.5 Å². The summed E-state index contributed by atoms with van der Waals surface area (Å²) in [4.78, 5) is 4.00. The third-order valence-electron chi connectivity index (χ3n) is 2.00. The Bertz CT molecular complexity index is 371. The van der Waals surface area contributed by atoms with Crippen LogP contribution in [0.1, 0.15) is 32.3 Å². The topological polar surface area (TPSA) is 71.9 Å². The van der Waals surface area contributed by atoms with Gasteiger partial charge in [-0.1, -0.05) is 13.3 Å². The van der Waals surface area contributed by atoms with Crippen LogP contribution in [-0.4, -0.2) is 11.1 Å². The molecule has 0 aliphatic heterocycles. The zero-order valence-corrected chi connectivity index (χ0v) is 9.03. The minimum Gasteiger partial charge on any atom is -0.474 e. The largest absolute Gasteiger partial charge is 0.474 e. The first-order valence-electron chi connectivity index (χ1n) is 4.99. The Hall–Kier alpha value is -1.76. The van der Waals surface area contributed by atoms with Crippen LogP contribution in [-0.2, 0) is 0 Å². The number of nitrogen functional groups attached to an aromatic ring is 1. The summed E-state index contributed by atoms with van der Waals surface area (Å²) >= 11 is 0. The van der Waals surface area contributed by atoms with E-state index in [1.165, 1.54) is 6.20 Å².